The Morgan fingerprint density at radius 3 is 2.80 bits per heavy atom. The zero-order valence-corrected chi connectivity index (χ0v) is 10.9. The van der Waals surface area contributed by atoms with Gasteiger partial charge in [-0.1, -0.05) is 12.8 Å². The van der Waals surface area contributed by atoms with E-state index in [1.807, 2.05) is 0 Å². The highest BCUT2D eigenvalue weighted by Gasteiger charge is 2.26. The molecule has 82 valence electrons. The van der Waals surface area contributed by atoms with Crippen LogP contribution in [0, 0.1) is 0 Å². The van der Waals surface area contributed by atoms with Crippen LogP contribution in [0.5, 0.6) is 0 Å². The number of hydrogen-bond donors (Lipinski definition) is 0. The molecule has 0 bridgehead atoms. The Morgan fingerprint density at radius 2 is 2.20 bits per heavy atom. The van der Waals surface area contributed by atoms with Crippen LogP contribution in [0.15, 0.2) is 3.92 Å². The van der Waals surface area contributed by atoms with Crippen LogP contribution in [-0.4, -0.2) is 18.1 Å². The molecule has 0 aliphatic heterocycles. The average Bonchev–Trinajstić information content (AvgIpc) is 2.84. The second-order valence-corrected chi connectivity index (χ2v) is 5.96. The Labute approximate surface area is 101 Å². The molecule has 0 radical (unpaired) electrons. The van der Waals surface area contributed by atoms with E-state index in [-0.39, 0.29) is 5.97 Å². The minimum atomic E-state index is -0.321. The number of methoxy groups -OCH3 is 1. The fraction of sp³-hybridized carbons (Fsp3) is 0.600. The summed E-state index contributed by atoms with van der Waals surface area (Å²) >= 11 is 4.89. The molecule has 15 heavy (non-hydrogen) atoms. The van der Waals surface area contributed by atoms with Crippen LogP contribution < -0.4 is 0 Å². The van der Waals surface area contributed by atoms with E-state index in [4.69, 9.17) is 4.74 Å². The number of carbonyl (C=O) groups is 1. The molecule has 2 rings (SSSR count). The van der Waals surface area contributed by atoms with Crippen molar-refractivity contribution in [1.29, 1.82) is 0 Å². The minimum Gasteiger partial charge on any atom is -0.464 e. The van der Waals surface area contributed by atoms with E-state index in [2.05, 4.69) is 20.9 Å². The molecule has 1 fully saturated rings. The number of thiazole rings is 1. The lowest BCUT2D eigenvalue weighted by atomic mass is 10.1. The van der Waals surface area contributed by atoms with Gasteiger partial charge >= 0.3 is 5.97 Å². The zero-order chi connectivity index (χ0) is 10.8. The lowest BCUT2D eigenvalue weighted by Gasteiger charge is -2.06. The van der Waals surface area contributed by atoms with Crippen molar-refractivity contribution in [3.8, 4) is 0 Å². The Bertz CT molecular complexity index is 371. The maximum Gasteiger partial charge on any atom is 0.357 e. The molecule has 5 heteroatoms. The molecule has 0 amide bonds. The molecule has 0 N–H and O–H groups in total. The summed E-state index contributed by atoms with van der Waals surface area (Å²) in [4.78, 5) is 16.8. The molecule has 0 aromatic carbocycles. The van der Waals surface area contributed by atoms with Crippen LogP contribution in [0.25, 0.3) is 0 Å². The number of carbonyl (C=O) groups excluding carboxylic acids is 1. The largest absolute Gasteiger partial charge is 0.464 e. The maximum absolute atomic E-state index is 11.5. The number of halogens is 1. The van der Waals surface area contributed by atoms with Gasteiger partial charge in [-0.2, -0.15) is 0 Å². The highest BCUT2D eigenvalue weighted by atomic mass is 79.9. The first-order chi connectivity index (χ1) is 7.22. The Hall–Kier alpha value is -0.420. The lowest BCUT2D eigenvalue weighted by Crippen LogP contribution is -2.06. The van der Waals surface area contributed by atoms with Crippen molar-refractivity contribution in [1.82, 2.24) is 4.98 Å². The third-order valence-corrected chi connectivity index (χ3v) is 4.40. The highest BCUT2D eigenvalue weighted by Crippen LogP contribution is 2.40. The highest BCUT2D eigenvalue weighted by molar-refractivity contribution is 9.11. The number of aromatic nitrogens is 1. The number of esters is 1. The first kappa shape index (κ1) is 11.1. The lowest BCUT2D eigenvalue weighted by molar-refractivity contribution is 0.0593. The smallest absolute Gasteiger partial charge is 0.357 e. The van der Waals surface area contributed by atoms with Crippen molar-refractivity contribution in [3.63, 3.8) is 0 Å². The molecule has 1 aromatic rings. The van der Waals surface area contributed by atoms with Gasteiger partial charge in [-0.15, -0.1) is 11.3 Å². The fourth-order valence-electron chi connectivity index (χ4n) is 2.01. The van der Waals surface area contributed by atoms with Gasteiger partial charge in [0, 0.05) is 4.88 Å². The number of nitrogens with zero attached hydrogens (tertiary/aromatic N) is 1. The van der Waals surface area contributed by atoms with Crippen LogP contribution in [-0.2, 0) is 4.74 Å². The van der Waals surface area contributed by atoms with Crippen molar-refractivity contribution in [2.24, 2.45) is 0 Å². The molecule has 0 atom stereocenters. The van der Waals surface area contributed by atoms with E-state index < -0.39 is 0 Å². The summed E-state index contributed by atoms with van der Waals surface area (Å²) in [5.41, 5.74) is 0.501. The molecule has 0 spiro atoms. The third kappa shape index (κ3) is 2.23. The van der Waals surface area contributed by atoms with E-state index in [9.17, 15) is 4.79 Å². The van der Waals surface area contributed by atoms with Gasteiger partial charge < -0.3 is 4.74 Å². The molecule has 1 aromatic heterocycles. The van der Waals surface area contributed by atoms with Crippen molar-refractivity contribution >= 4 is 33.2 Å². The Balaban J connectivity index is 2.32. The molecular weight excluding hydrogens is 278 g/mol. The van der Waals surface area contributed by atoms with E-state index in [0.717, 1.165) is 8.79 Å². The summed E-state index contributed by atoms with van der Waals surface area (Å²) in [6.45, 7) is 0. The van der Waals surface area contributed by atoms with Gasteiger partial charge in [0.1, 0.15) is 0 Å². The van der Waals surface area contributed by atoms with Gasteiger partial charge in [0.05, 0.1) is 7.11 Å². The standard InChI is InChI=1S/C10H12BrNO2S/c1-14-9(13)7-8(15-10(11)12-7)6-4-2-3-5-6/h6H,2-5H2,1H3. The molecule has 1 heterocycles. The Morgan fingerprint density at radius 1 is 1.53 bits per heavy atom. The molecule has 3 nitrogen and oxygen atoms in total. The van der Waals surface area contributed by atoms with E-state index in [1.165, 1.54) is 32.8 Å². The first-order valence-electron chi connectivity index (χ1n) is 4.97. The van der Waals surface area contributed by atoms with Crippen LogP contribution in [0.1, 0.15) is 47.0 Å². The van der Waals surface area contributed by atoms with Crippen molar-refractivity contribution < 1.29 is 9.53 Å². The SMILES string of the molecule is COC(=O)c1nc(Br)sc1C1CCCC1. The van der Waals surface area contributed by atoms with Crippen molar-refractivity contribution in [2.45, 2.75) is 31.6 Å². The Kier molecular flexibility index (Phi) is 3.41. The van der Waals surface area contributed by atoms with Crippen molar-refractivity contribution in [2.75, 3.05) is 7.11 Å². The van der Waals surface area contributed by atoms with Gasteiger partial charge in [-0.05, 0) is 34.7 Å². The topological polar surface area (TPSA) is 39.2 Å². The number of rotatable bonds is 2. The summed E-state index contributed by atoms with van der Waals surface area (Å²) in [7, 11) is 1.40. The third-order valence-electron chi connectivity index (χ3n) is 2.73. The van der Waals surface area contributed by atoms with E-state index in [1.54, 1.807) is 11.3 Å². The predicted molar refractivity (Wildman–Crippen MR) is 62.4 cm³/mol. The van der Waals surface area contributed by atoms with Crippen LogP contribution in [0.2, 0.25) is 0 Å². The normalized spacial score (nSPS) is 16.9. The first-order valence-corrected chi connectivity index (χ1v) is 6.58. The second kappa shape index (κ2) is 4.61. The quantitative estimate of drug-likeness (QED) is 0.784. The summed E-state index contributed by atoms with van der Waals surface area (Å²) in [6.07, 6.45) is 4.83. The summed E-state index contributed by atoms with van der Waals surface area (Å²) in [5, 5.41) is 0. The van der Waals surface area contributed by atoms with Gasteiger partial charge in [-0.3, -0.25) is 0 Å². The summed E-state index contributed by atoms with van der Waals surface area (Å²) in [6, 6.07) is 0. The molecule has 1 aliphatic carbocycles. The number of ether oxygens (including phenoxy) is 1. The molecule has 0 saturated heterocycles. The molecule has 1 saturated carbocycles. The maximum atomic E-state index is 11.5. The van der Waals surface area contributed by atoms with Crippen LogP contribution in [0.3, 0.4) is 0 Å². The predicted octanol–water partition coefficient (Wildman–Crippen LogP) is 3.35. The zero-order valence-electron chi connectivity index (χ0n) is 8.46. The summed E-state index contributed by atoms with van der Waals surface area (Å²) in [5.74, 6) is 0.182. The van der Waals surface area contributed by atoms with Gasteiger partial charge in [0.15, 0.2) is 9.61 Å². The second-order valence-electron chi connectivity index (χ2n) is 3.65. The number of hydrogen-bond acceptors (Lipinski definition) is 4. The molecule has 0 unspecified atom stereocenters. The minimum absolute atomic E-state index is 0.321. The summed E-state index contributed by atoms with van der Waals surface area (Å²) < 4.78 is 5.50. The van der Waals surface area contributed by atoms with Crippen molar-refractivity contribution in [3.05, 3.63) is 14.5 Å². The van der Waals surface area contributed by atoms with Gasteiger partial charge in [0.25, 0.3) is 0 Å². The molecule has 1 aliphatic rings. The van der Waals surface area contributed by atoms with Gasteiger partial charge in [-0.25, -0.2) is 9.78 Å². The van der Waals surface area contributed by atoms with E-state index in [0.29, 0.717) is 11.6 Å². The fourth-order valence-corrected chi connectivity index (χ4v) is 3.66. The van der Waals surface area contributed by atoms with Crippen LogP contribution in [0.4, 0.5) is 0 Å². The van der Waals surface area contributed by atoms with Gasteiger partial charge in [0.2, 0.25) is 0 Å². The monoisotopic (exact) mass is 289 g/mol. The van der Waals surface area contributed by atoms with Crippen LogP contribution >= 0.6 is 27.3 Å². The van der Waals surface area contributed by atoms with E-state index >= 15 is 0 Å². The average molecular weight is 290 g/mol. The molecular formula is C10H12BrNO2S.